The summed E-state index contributed by atoms with van der Waals surface area (Å²) in [5.41, 5.74) is 1.75. The summed E-state index contributed by atoms with van der Waals surface area (Å²) in [6.07, 6.45) is 6.53. The number of benzene rings is 2. The zero-order valence-corrected chi connectivity index (χ0v) is 26.2. The van der Waals surface area contributed by atoms with Gasteiger partial charge in [-0.3, -0.25) is 19.3 Å². The van der Waals surface area contributed by atoms with Crippen LogP contribution in [0.3, 0.4) is 0 Å². The normalized spacial score (nSPS) is 19.9. The number of amides is 3. The maximum atomic E-state index is 13.4. The van der Waals surface area contributed by atoms with Crippen molar-refractivity contribution in [1.29, 1.82) is 0 Å². The third-order valence-corrected chi connectivity index (χ3v) is 9.46. The quantitative estimate of drug-likeness (QED) is 0.341. The standard InChI is InChI=1S/C31H35ClN8O6/c1-46-31(11-3-2-4-12-31)36-13-14-37(27(41)19-36)23-8-5-21(6-9-23)17-26(30(44)45)39-16-15-38(28(42)29(39)43)25-18-22(32)7-10-24(25)40-20-33-34-35-40/h5-10,18,20,26H,2-4,11-17,19H2,1H3,(H,44,45). The van der Waals surface area contributed by atoms with E-state index < -0.39 is 23.8 Å². The molecule has 6 rings (SSSR count). The van der Waals surface area contributed by atoms with Crippen LogP contribution < -0.4 is 9.80 Å². The summed E-state index contributed by atoms with van der Waals surface area (Å²) in [6.45, 7) is 1.51. The number of carboxylic acid groups (broad SMARTS) is 1. The van der Waals surface area contributed by atoms with Crippen molar-refractivity contribution in [3.8, 4) is 5.69 Å². The molecule has 3 aromatic rings. The number of aromatic nitrogens is 4. The van der Waals surface area contributed by atoms with Crippen molar-refractivity contribution in [2.24, 2.45) is 0 Å². The summed E-state index contributed by atoms with van der Waals surface area (Å²) in [4.78, 5) is 58.6. The number of hydrogen-bond acceptors (Lipinski definition) is 9. The van der Waals surface area contributed by atoms with E-state index in [2.05, 4.69) is 20.4 Å². The number of carbonyl (C=O) groups is 4. The van der Waals surface area contributed by atoms with Gasteiger partial charge in [0.1, 0.15) is 18.1 Å². The molecule has 1 aromatic heterocycles. The van der Waals surface area contributed by atoms with Crippen molar-refractivity contribution in [1.82, 2.24) is 30.0 Å². The molecule has 0 bridgehead atoms. The first-order valence-electron chi connectivity index (χ1n) is 15.3. The van der Waals surface area contributed by atoms with Gasteiger partial charge in [0.2, 0.25) is 5.91 Å². The lowest BCUT2D eigenvalue weighted by Crippen LogP contribution is -2.60. The zero-order chi connectivity index (χ0) is 32.4. The number of carbonyl (C=O) groups excluding carboxylic acids is 3. The van der Waals surface area contributed by atoms with Crippen LogP contribution in [0.2, 0.25) is 5.02 Å². The monoisotopic (exact) mass is 650 g/mol. The summed E-state index contributed by atoms with van der Waals surface area (Å²) in [5, 5.41) is 21.6. The van der Waals surface area contributed by atoms with Crippen LogP contribution in [0.4, 0.5) is 11.4 Å². The fourth-order valence-electron chi connectivity index (χ4n) is 6.77. The minimum absolute atomic E-state index is 0.0110. The summed E-state index contributed by atoms with van der Waals surface area (Å²) >= 11 is 6.21. The number of hydrogen-bond donors (Lipinski definition) is 1. The van der Waals surface area contributed by atoms with Crippen LogP contribution in [0.5, 0.6) is 0 Å². The van der Waals surface area contributed by atoms with Crippen LogP contribution in [0.15, 0.2) is 48.8 Å². The SMILES string of the molecule is COC1(N2CCN(c3ccc(CC(C(=O)O)N4CCN(c5cc(Cl)ccc5-n5cnnn5)C(=O)C4=O)cc3)C(=O)C2)CCCCC1. The minimum atomic E-state index is -1.27. The molecule has 1 saturated carbocycles. The van der Waals surface area contributed by atoms with Crippen molar-refractivity contribution >= 4 is 46.7 Å². The predicted molar refractivity (Wildman–Crippen MR) is 167 cm³/mol. The molecule has 1 N–H and O–H groups in total. The van der Waals surface area contributed by atoms with Gasteiger partial charge in [0.05, 0.1) is 17.9 Å². The molecule has 1 unspecified atom stereocenters. The molecule has 3 aliphatic rings. The highest BCUT2D eigenvalue weighted by Gasteiger charge is 2.43. The number of tetrazole rings is 1. The molecule has 0 radical (unpaired) electrons. The number of methoxy groups -OCH3 is 1. The molecule has 242 valence electrons. The molecule has 2 saturated heterocycles. The summed E-state index contributed by atoms with van der Waals surface area (Å²) < 4.78 is 7.29. The number of aliphatic carboxylic acids is 1. The lowest BCUT2D eigenvalue weighted by atomic mass is 9.89. The van der Waals surface area contributed by atoms with Gasteiger partial charge >= 0.3 is 17.8 Å². The second-order valence-corrected chi connectivity index (χ2v) is 12.2. The minimum Gasteiger partial charge on any atom is -0.480 e. The topological polar surface area (TPSA) is 154 Å². The molecule has 0 spiro atoms. The molecule has 15 heteroatoms. The Balaban J connectivity index is 1.13. The first-order chi connectivity index (χ1) is 22.2. The third-order valence-electron chi connectivity index (χ3n) is 9.23. The van der Waals surface area contributed by atoms with Gasteiger partial charge in [0.25, 0.3) is 0 Å². The molecule has 3 amide bonds. The molecule has 2 aromatic carbocycles. The number of anilines is 2. The fourth-order valence-corrected chi connectivity index (χ4v) is 6.93. The fraction of sp³-hybridized carbons (Fsp3) is 0.452. The Morgan fingerprint density at radius 1 is 0.957 bits per heavy atom. The van der Waals surface area contributed by atoms with Crippen molar-refractivity contribution in [2.75, 3.05) is 49.6 Å². The second-order valence-electron chi connectivity index (χ2n) is 11.7. The molecule has 14 nitrogen and oxygen atoms in total. The molecule has 1 aliphatic carbocycles. The molecule has 2 aliphatic heterocycles. The molecule has 3 heterocycles. The first kappa shape index (κ1) is 31.6. The van der Waals surface area contributed by atoms with Crippen molar-refractivity contribution in [3.05, 3.63) is 59.4 Å². The third kappa shape index (κ3) is 6.07. The number of rotatable bonds is 9. The number of carboxylic acids is 1. The number of piperazine rings is 2. The second kappa shape index (κ2) is 13.1. The van der Waals surface area contributed by atoms with Gasteiger partial charge in [0, 0.05) is 50.4 Å². The smallest absolute Gasteiger partial charge is 0.326 e. The highest BCUT2D eigenvalue weighted by atomic mass is 35.5. The van der Waals surface area contributed by atoms with Gasteiger partial charge in [-0.1, -0.05) is 30.2 Å². The Kier molecular flexibility index (Phi) is 9.02. The Morgan fingerprint density at radius 3 is 2.35 bits per heavy atom. The van der Waals surface area contributed by atoms with Crippen LogP contribution in [0.1, 0.15) is 37.7 Å². The Labute approximate surface area is 270 Å². The van der Waals surface area contributed by atoms with E-state index in [9.17, 15) is 24.3 Å². The van der Waals surface area contributed by atoms with Crippen LogP contribution in [0, 0.1) is 0 Å². The lowest BCUT2D eigenvalue weighted by molar-refractivity contribution is -0.166. The maximum absolute atomic E-state index is 13.4. The maximum Gasteiger partial charge on any atom is 0.326 e. The Bertz CT molecular complexity index is 1610. The molecule has 1 atom stereocenters. The van der Waals surface area contributed by atoms with Crippen molar-refractivity contribution in [2.45, 2.75) is 50.3 Å². The lowest BCUT2D eigenvalue weighted by Gasteiger charge is -2.48. The first-order valence-corrected chi connectivity index (χ1v) is 15.7. The largest absolute Gasteiger partial charge is 0.480 e. The van der Waals surface area contributed by atoms with Gasteiger partial charge in [-0.05, 0) is 72.0 Å². The number of nitrogens with zero attached hydrogens (tertiary/aromatic N) is 8. The van der Waals surface area contributed by atoms with Crippen molar-refractivity contribution < 1.29 is 29.0 Å². The van der Waals surface area contributed by atoms with Crippen LogP contribution >= 0.6 is 11.6 Å². The van der Waals surface area contributed by atoms with Gasteiger partial charge < -0.3 is 24.5 Å². The van der Waals surface area contributed by atoms with Crippen LogP contribution in [-0.4, -0.2) is 110 Å². The number of halogens is 1. The van der Waals surface area contributed by atoms with Gasteiger partial charge in [-0.15, -0.1) is 5.10 Å². The van der Waals surface area contributed by atoms with Gasteiger partial charge in [-0.2, -0.15) is 4.68 Å². The van der Waals surface area contributed by atoms with Gasteiger partial charge in [-0.25, -0.2) is 4.79 Å². The summed E-state index contributed by atoms with van der Waals surface area (Å²) in [5.74, 6) is -3.06. The molecular weight excluding hydrogens is 616 g/mol. The highest BCUT2D eigenvalue weighted by Crippen LogP contribution is 2.36. The Morgan fingerprint density at radius 2 is 1.70 bits per heavy atom. The van der Waals surface area contributed by atoms with E-state index in [1.807, 2.05) is 0 Å². The van der Waals surface area contributed by atoms with Crippen molar-refractivity contribution in [3.63, 3.8) is 0 Å². The average Bonchev–Trinajstić information content (AvgIpc) is 3.61. The Hall–Kier alpha value is -4.40. The molecule has 3 fully saturated rings. The van der Waals surface area contributed by atoms with Crippen LogP contribution in [-0.2, 0) is 30.3 Å². The van der Waals surface area contributed by atoms with E-state index in [4.69, 9.17) is 16.3 Å². The van der Waals surface area contributed by atoms with Crippen LogP contribution in [0.25, 0.3) is 5.69 Å². The van der Waals surface area contributed by atoms with E-state index in [-0.39, 0.29) is 37.7 Å². The molecular formula is C31H35ClN8O6. The highest BCUT2D eigenvalue weighted by molar-refractivity contribution is 6.41. The predicted octanol–water partition coefficient (Wildman–Crippen LogP) is 2.14. The van der Waals surface area contributed by atoms with E-state index in [0.29, 0.717) is 35.1 Å². The average molecular weight is 651 g/mol. The number of ether oxygens (including phenoxy) is 1. The molecule has 46 heavy (non-hydrogen) atoms. The van der Waals surface area contributed by atoms with E-state index in [1.54, 1.807) is 48.4 Å². The van der Waals surface area contributed by atoms with E-state index in [1.165, 1.54) is 28.4 Å². The summed E-state index contributed by atoms with van der Waals surface area (Å²) in [6, 6.07) is 10.6. The summed E-state index contributed by atoms with van der Waals surface area (Å²) in [7, 11) is 1.72. The van der Waals surface area contributed by atoms with Gasteiger partial charge in [0.15, 0.2) is 0 Å². The zero-order valence-electron chi connectivity index (χ0n) is 25.4. The van der Waals surface area contributed by atoms with E-state index in [0.717, 1.165) is 36.3 Å². The van der Waals surface area contributed by atoms with E-state index >= 15 is 0 Å².